The van der Waals surface area contributed by atoms with Crippen LogP contribution >= 0.6 is 23.4 Å². The largest absolute Gasteiger partial charge is 0.486 e. The first kappa shape index (κ1) is 21.7. The van der Waals surface area contributed by atoms with E-state index >= 15 is 0 Å². The zero-order valence-corrected chi connectivity index (χ0v) is 18.7. The number of halogens is 1. The van der Waals surface area contributed by atoms with Gasteiger partial charge in [-0.1, -0.05) is 53.7 Å². The van der Waals surface area contributed by atoms with Crippen molar-refractivity contribution in [3.63, 3.8) is 0 Å². The molecule has 1 aliphatic rings. The maximum atomic E-state index is 13.3. The van der Waals surface area contributed by atoms with Crippen LogP contribution in [0.25, 0.3) is 0 Å². The summed E-state index contributed by atoms with van der Waals surface area (Å²) in [5.41, 5.74) is 0.936. The molecule has 31 heavy (non-hydrogen) atoms. The van der Waals surface area contributed by atoms with Crippen LogP contribution in [-0.2, 0) is 23.2 Å². The predicted octanol–water partition coefficient (Wildman–Crippen LogP) is 3.74. The Kier molecular flexibility index (Phi) is 7.11. The van der Waals surface area contributed by atoms with E-state index in [1.807, 2.05) is 46.8 Å². The van der Waals surface area contributed by atoms with Crippen molar-refractivity contribution < 1.29 is 14.3 Å². The monoisotopic (exact) mass is 458 g/mol. The number of hydrogen-bond acceptors (Lipinski definition) is 6. The van der Waals surface area contributed by atoms with Crippen LogP contribution in [-0.4, -0.2) is 51.9 Å². The summed E-state index contributed by atoms with van der Waals surface area (Å²) in [6.45, 7) is 2.59. The average Bonchev–Trinajstić information content (AvgIpc) is 3.17. The lowest BCUT2D eigenvalue weighted by molar-refractivity contribution is -0.134. The van der Waals surface area contributed by atoms with E-state index in [1.165, 1.54) is 11.8 Å². The van der Waals surface area contributed by atoms with Gasteiger partial charge in [-0.2, -0.15) is 0 Å². The molecule has 1 saturated heterocycles. The highest BCUT2D eigenvalue weighted by atomic mass is 35.5. The molecule has 1 unspecified atom stereocenters. The lowest BCUT2D eigenvalue weighted by atomic mass is 10.1. The van der Waals surface area contributed by atoms with Crippen molar-refractivity contribution in [2.45, 2.75) is 17.0 Å². The molecular weight excluding hydrogens is 436 g/mol. The smallest absolute Gasteiger partial charge is 0.240 e. The lowest BCUT2D eigenvalue weighted by Crippen LogP contribution is -2.42. The van der Waals surface area contributed by atoms with Crippen LogP contribution in [0.15, 0.2) is 59.8 Å². The average molecular weight is 459 g/mol. The van der Waals surface area contributed by atoms with Crippen LogP contribution in [0.2, 0.25) is 5.02 Å². The molecule has 3 aromatic rings. The number of amides is 1. The molecule has 7 nitrogen and oxygen atoms in total. The standard InChI is InChI=1S/C22H23ClN4O3S/c1-26-19(15-30-18-9-7-17(23)8-10-18)24-25-22(26)31-20(16-5-3-2-4-6-16)21(28)27-11-13-29-14-12-27/h2-10,20H,11-15H2,1H3. The van der Waals surface area contributed by atoms with Gasteiger partial charge >= 0.3 is 0 Å². The summed E-state index contributed by atoms with van der Waals surface area (Å²) in [5, 5.41) is 9.48. The van der Waals surface area contributed by atoms with Gasteiger partial charge in [-0.15, -0.1) is 10.2 Å². The van der Waals surface area contributed by atoms with E-state index < -0.39 is 5.25 Å². The van der Waals surface area contributed by atoms with E-state index in [2.05, 4.69) is 10.2 Å². The Labute approximate surface area is 190 Å². The first-order valence-corrected chi connectivity index (χ1v) is 11.2. The number of ether oxygens (including phenoxy) is 2. The maximum Gasteiger partial charge on any atom is 0.240 e. The molecule has 0 aliphatic carbocycles. The highest BCUT2D eigenvalue weighted by Gasteiger charge is 2.30. The number of nitrogens with zero attached hydrogens (tertiary/aromatic N) is 4. The summed E-state index contributed by atoms with van der Waals surface area (Å²) in [6.07, 6.45) is 0. The number of morpholine rings is 1. The fraction of sp³-hybridized carbons (Fsp3) is 0.318. The second-order valence-corrected chi connectivity index (χ2v) is 8.56. The lowest BCUT2D eigenvalue weighted by Gasteiger charge is -2.30. The van der Waals surface area contributed by atoms with Crippen LogP contribution in [0.3, 0.4) is 0 Å². The third kappa shape index (κ3) is 5.39. The molecule has 1 aliphatic heterocycles. The van der Waals surface area contributed by atoms with Gasteiger partial charge < -0.3 is 18.9 Å². The highest BCUT2D eigenvalue weighted by Crippen LogP contribution is 2.36. The molecule has 9 heteroatoms. The molecule has 1 atom stereocenters. The molecule has 4 rings (SSSR count). The fourth-order valence-electron chi connectivity index (χ4n) is 3.20. The number of aromatic nitrogens is 3. The van der Waals surface area contributed by atoms with Gasteiger partial charge in [-0.25, -0.2) is 0 Å². The van der Waals surface area contributed by atoms with E-state index in [4.69, 9.17) is 21.1 Å². The van der Waals surface area contributed by atoms with Gasteiger partial charge in [0.15, 0.2) is 11.0 Å². The Bertz CT molecular complexity index is 1010. The number of rotatable bonds is 7. The third-order valence-electron chi connectivity index (χ3n) is 4.98. The summed E-state index contributed by atoms with van der Waals surface area (Å²) < 4.78 is 13.1. The quantitative estimate of drug-likeness (QED) is 0.502. The Hall–Kier alpha value is -2.55. The zero-order valence-electron chi connectivity index (χ0n) is 17.1. The summed E-state index contributed by atoms with van der Waals surface area (Å²) in [4.78, 5) is 15.2. The second kappa shape index (κ2) is 10.2. The summed E-state index contributed by atoms with van der Waals surface area (Å²) >= 11 is 7.31. The normalized spacial score (nSPS) is 15.0. The van der Waals surface area contributed by atoms with Crippen LogP contribution in [0, 0.1) is 0 Å². The van der Waals surface area contributed by atoms with Gasteiger partial charge in [0.25, 0.3) is 0 Å². The van der Waals surface area contributed by atoms with E-state index in [1.54, 1.807) is 24.3 Å². The SMILES string of the molecule is Cn1c(COc2ccc(Cl)cc2)nnc1SC(C(=O)N1CCOCC1)c1ccccc1. The van der Waals surface area contributed by atoms with Crippen molar-refractivity contribution in [1.29, 1.82) is 0 Å². The minimum Gasteiger partial charge on any atom is -0.486 e. The first-order valence-electron chi connectivity index (χ1n) is 9.96. The fourth-order valence-corrected chi connectivity index (χ4v) is 4.43. The molecular formula is C22H23ClN4O3S. The predicted molar refractivity (Wildman–Crippen MR) is 119 cm³/mol. The molecule has 2 heterocycles. The van der Waals surface area contributed by atoms with Crippen molar-refractivity contribution in [2.75, 3.05) is 26.3 Å². The Morgan fingerprint density at radius 2 is 1.84 bits per heavy atom. The van der Waals surface area contributed by atoms with Crippen molar-refractivity contribution in [1.82, 2.24) is 19.7 Å². The molecule has 1 amide bonds. The molecule has 0 bridgehead atoms. The van der Waals surface area contributed by atoms with Crippen molar-refractivity contribution >= 4 is 29.3 Å². The number of hydrogen-bond donors (Lipinski definition) is 0. The van der Waals surface area contributed by atoms with Crippen LogP contribution < -0.4 is 4.74 Å². The molecule has 1 aromatic heterocycles. The molecule has 0 N–H and O–H groups in total. The molecule has 0 radical (unpaired) electrons. The Morgan fingerprint density at radius 1 is 1.13 bits per heavy atom. The number of carbonyl (C=O) groups excluding carboxylic acids is 1. The minimum atomic E-state index is -0.410. The topological polar surface area (TPSA) is 69.5 Å². The van der Waals surface area contributed by atoms with E-state index in [0.717, 1.165) is 5.56 Å². The molecule has 162 valence electrons. The third-order valence-corrected chi connectivity index (χ3v) is 6.51. The zero-order chi connectivity index (χ0) is 21.6. The van der Waals surface area contributed by atoms with E-state index in [9.17, 15) is 4.79 Å². The number of benzene rings is 2. The Morgan fingerprint density at radius 3 is 2.55 bits per heavy atom. The number of carbonyl (C=O) groups is 1. The molecule has 0 spiro atoms. The Balaban J connectivity index is 1.50. The van der Waals surface area contributed by atoms with Gasteiger partial charge in [0.2, 0.25) is 5.91 Å². The van der Waals surface area contributed by atoms with Crippen LogP contribution in [0.1, 0.15) is 16.6 Å². The maximum absolute atomic E-state index is 13.3. The summed E-state index contributed by atoms with van der Waals surface area (Å²) in [6, 6.07) is 16.9. The summed E-state index contributed by atoms with van der Waals surface area (Å²) in [5.74, 6) is 1.43. The van der Waals surface area contributed by atoms with Crippen LogP contribution in [0.5, 0.6) is 5.75 Å². The second-order valence-electron chi connectivity index (χ2n) is 7.05. The first-order chi connectivity index (χ1) is 15.1. The van der Waals surface area contributed by atoms with Gasteiger partial charge in [-0.05, 0) is 29.8 Å². The molecule has 2 aromatic carbocycles. The summed E-state index contributed by atoms with van der Waals surface area (Å²) in [7, 11) is 1.88. The minimum absolute atomic E-state index is 0.0569. The van der Waals surface area contributed by atoms with Gasteiger partial charge in [0.1, 0.15) is 17.6 Å². The highest BCUT2D eigenvalue weighted by molar-refractivity contribution is 8.00. The van der Waals surface area contributed by atoms with Crippen molar-refractivity contribution in [2.24, 2.45) is 7.05 Å². The number of thioether (sulfide) groups is 1. The van der Waals surface area contributed by atoms with E-state index in [-0.39, 0.29) is 12.5 Å². The van der Waals surface area contributed by atoms with Gasteiger partial charge in [-0.3, -0.25) is 4.79 Å². The molecule has 0 saturated carbocycles. The van der Waals surface area contributed by atoms with Crippen LogP contribution in [0.4, 0.5) is 0 Å². The van der Waals surface area contributed by atoms with Gasteiger partial charge in [0.05, 0.1) is 13.2 Å². The van der Waals surface area contributed by atoms with Gasteiger partial charge in [0, 0.05) is 25.2 Å². The van der Waals surface area contributed by atoms with Crippen molar-refractivity contribution in [3.05, 3.63) is 71.0 Å². The molecule has 1 fully saturated rings. The van der Waals surface area contributed by atoms with E-state index in [0.29, 0.717) is 48.1 Å². The van der Waals surface area contributed by atoms with Crippen molar-refractivity contribution in [3.8, 4) is 5.75 Å².